The second-order valence-corrected chi connectivity index (χ2v) is 5.30. The fourth-order valence-corrected chi connectivity index (χ4v) is 2.13. The number of carbonyl (C=O) groups is 1. The van der Waals surface area contributed by atoms with Crippen molar-refractivity contribution in [2.24, 2.45) is 5.73 Å². The van der Waals surface area contributed by atoms with E-state index in [0.29, 0.717) is 18.0 Å². The maximum absolute atomic E-state index is 11.8. The fourth-order valence-electron chi connectivity index (χ4n) is 2.13. The first kappa shape index (κ1) is 17.0. The van der Waals surface area contributed by atoms with E-state index in [0.717, 1.165) is 38.0 Å². The summed E-state index contributed by atoms with van der Waals surface area (Å²) in [4.78, 5) is 16.0. The number of aromatic nitrogens is 1. The summed E-state index contributed by atoms with van der Waals surface area (Å²) in [5.41, 5.74) is 6.12. The molecule has 1 amide bonds. The molecule has 0 atom stereocenters. The van der Waals surface area contributed by atoms with Crippen LogP contribution in [0.4, 0.5) is 5.69 Å². The number of anilines is 1. The van der Waals surface area contributed by atoms with Gasteiger partial charge in [0.25, 0.3) is 0 Å². The maximum Gasteiger partial charge on any atom is 0.224 e. The van der Waals surface area contributed by atoms with E-state index >= 15 is 0 Å². The highest BCUT2D eigenvalue weighted by molar-refractivity contribution is 5.90. The Morgan fingerprint density at radius 2 is 1.83 bits per heavy atom. The van der Waals surface area contributed by atoms with Crippen molar-refractivity contribution in [3.63, 3.8) is 0 Å². The zero-order valence-corrected chi connectivity index (χ0v) is 13.2. The molecule has 0 radical (unpaired) electrons. The predicted molar refractivity (Wildman–Crippen MR) is 91.5 cm³/mol. The Hall–Kier alpha value is -2.40. The minimum absolute atomic E-state index is 0.0104. The third-order valence-corrected chi connectivity index (χ3v) is 3.34. The number of nitrogens with one attached hydrogen (secondary N) is 1. The quantitative estimate of drug-likeness (QED) is 0.692. The number of rotatable bonds is 9. The molecule has 1 heterocycles. The first-order valence-corrected chi connectivity index (χ1v) is 7.97. The zero-order chi connectivity index (χ0) is 16.3. The molecule has 5 nitrogen and oxygen atoms in total. The van der Waals surface area contributed by atoms with Crippen molar-refractivity contribution in [1.29, 1.82) is 0 Å². The lowest BCUT2D eigenvalue weighted by atomic mass is 10.1. The Labute approximate surface area is 136 Å². The van der Waals surface area contributed by atoms with Crippen LogP contribution in [0.15, 0.2) is 48.7 Å². The number of hydrogen-bond acceptors (Lipinski definition) is 4. The van der Waals surface area contributed by atoms with Gasteiger partial charge < -0.3 is 15.8 Å². The van der Waals surface area contributed by atoms with Gasteiger partial charge in [-0.1, -0.05) is 31.0 Å². The van der Waals surface area contributed by atoms with Crippen molar-refractivity contribution >= 4 is 11.6 Å². The molecule has 0 aliphatic heterocycles. The molecule has 1 aromatic carbocycles. The van der Waals surface area contributed by atoms with Crippen LogP contribution in [0.5, 0.6) is 11.6 Å². The van der Waals surface area contributed by atoms with Crippen LogP contribution >= 0.6 is 0 Å². The molecule has 3 N–H and O–H groups in total. The van der Waals surface area contributed by atoms with Gasteiger partial charge in [0.05, 0.1) is 11.9 Å². The first-order valence-electron chi connectivity index (χ1n) is 7.97. The van der Waals surface area contributed by atoms with Crippen LogP contribution in [0.2, 0.25) is 0 Å². The minimum Gasteiger partial charge on any atom is -0.439 e. The second-order valence-electron chi connectivity index (χ2n) is 5.30. The Balaban J connectivity index is 1.75. The summed E-state index contributed by atoms with van der Waals surface area (Å²) in [7, 11) is 0. The van der Waals surface area contributed by atoms with E-state index in [1.54, 1.807) is 18.3 Å². The number of nitrogens with zero attached hydrogens (tertiary/aromatic N) is 1. The van der Waals surface area contributed by atoms with Crippen LogP contribution in [0, 0.1) is 0 Å². The lowest BCUT2D eigenvalue weighted by molar-refractivity contribution is -0.116. The Morgan fingerprint density at radius 3 is 2.52 bits per heavy atom. The SMILES string of the molecule is NCCCCCCC(=O)Nc1ccc(Oc2ccccc2)nc1. The Morgan fingerprint density at radius 1 is 1.04 bits per heavy atom. The average Bonchev–Trinajstić information content (AvgIpc) is 2.57. The number of nitrogens with two attached hydrogens (primary N) is 1. The van der Waals surface area contributed by atoms with Crippen molar-refractivity contribution in [3.05, 3.63) is 48.7 Å². The van der Waals surface area contributed by atoms with Gasteiger partial charge in [-0.3, -0.25) is 4.79 Å². The molecule has 5 heteroatoms. The number of pyridine rings is 1. The van der Waals surface area contributed by atoms with Gasteiger partial charge in [-0.05, 0) is 37.6 Å². The number of hydrogen-bond donors (Lipinski definition) is 2. The van der Waals surface area contributed by atoms with Gasteiger partial charge in [0.1, 0.15) is 5.75 Å². The lowest BCUT2D eigenvalue weighted by Crippen LogP contribution is -2.11. The molecule has 0 saturated carbocycles. The van der Waals surface area contributed by atoms with E-state index in [-0.39, 0.29) is 5.91 Å². The highest BCUT2D eigenvalue weighted by Gasteiger charge is 2.04. The first-order chi connectivity index (χ1) is 11.3. The van der Waals surface area contributed by atoms with Gasteiger partial charge >= 0.3 is 0 Å². The number of unbranched alkanes of at least 4 members (excludes halogenated alkanes) is 3. The molecule has 2 aromatic rings. The van der Waals surface area contributed by atoms with Gasteiger partial charge in [-0.15, -0.1) is 0 Å². The molecule has 1 aromatic heterocycles. The number of carbonyl (C=O) groups excluding carboxylic acids is 1. The monoisotopic (exact) mass is 313 g/mol. The molecule has 0 bridgehead atoms. The lowest BCUT2D eigenvalue weighted by Gasteiger charge is -2.07. The zero-order valence-electron chi connectivity index (χ0n) is 13.2. The molecule has 0 fully saturated rings. The van der Waals surface area contributed by atoms with Crippen LogP contribution in [-0.2, 0) is 4.79 Å². The summed E-state index contributed by atoms with van der Waals surface area (Å²) < 4.78 is 5.61. The molecule has 2 rings (SSSR count). The number of para-hydroxylation sites is 1. The average molecular weight is 313 g/mol. The maximum atomic E-state index is 11.8. The number of benzene rings is 1. The molecule has 0 aliphatic carbocycles. The molecule has 122 valence electrons. The van der Waals surface area contributed by atoms with Crippen molar-refractivity contribution in [2.75, 3.05) is 11.9 Å². The third kappa shape index (κ3) is 6.48. The summed E-state index contributed by atoms with van der Waals surface area (Å²) in [6.45, 7) is 0.718. The van der Waals surface area contributed by atoms with E-state index in [1.807, 2.05) is 30.3 Å². The van der Waals surface area contributed by atoms with Gasteiger partial charge in [0, 0.05) is 12.5 Å². The normalized spacial score (nSPS) is 10.3. The molecular weight excluding hydrogens is 290 g/mol. The summed E-state index contributed by atoms with van der Waals surface area (Å²) >= 11 is 0. The van der Waals surface area contributed by atoms with Crippen molar-refractivity contribution < 1.29 is 9.53 Å². The van der Waals surface area contributed by atoms with Crippen molar-refractivity contribution in [2.45, 2.75) is 32.1 Å². The standard InChI is InChI=1S/C18H23N3O2/c19-13-7-2-1-6-10-17(22)21-15-11-12-18(20-14-15)23-16-8-4-3-5-9-16/h3-5,8-9,11-12,14H,1-2,6-7,10,13,19H2,(H,21,22). The van der Waals surface area contributed by atoms with Gasteiger partial charge in [0.2, 0.25) is 11.8 Å². The minimum atomic E-state index is 0.0104. The van der Waals surface area contributed by atoms with E-state index in [1.165, 1.54) is 0 Å². The molecule has 0 saturated heterocycles. The van der Waals surface area contributed by atoms with Crippen LogP contribution in [-0.4, -0.2) is 17.4 Å². The smallest absolute Gasteiger partial charge is 0.224 e. The largest absolute Gasteiger partial charge is 0.439 e. The highest BCUT2D eigenvalue weighted by atomic mass is 16.5. The van der Waals surface area contributed by atoms with Crippen LogP contribution in [0.1, 0.15) is 32.1 Å². The van der Waals surface area contributed by atoms with E-state index < -0.39 is 0 Å². The summed E-state index contributed by atoms with van der Waals surface area (Å²) in [6, 6.07) is 13.0. The highest BCUT2D eigenvalue weighted by Crippen LogP contribution is 2.19. The van der Waals surface area contributed by atoms with Crippen LogP contribution in [0.3, 0.4) is 0 Å². The number of ether oxygens (including phenoxy) is 1. The van der Waals surface area contributed by atoms with Crippen LogP contribution < -0.4 is 15.8 Å². The molecule has 0 aliphatic rings. The summed E-state index contributed by atoms with van der Waals surface area (Å²) in [6.07, 6.45) is 6.14. The van der Waals surface area contributed by atoms with Gasteiger partial charge in [-0.2, -0.15) is 0 Å². The van der Waals surface area contributed by atoms with E-state index in [4.69, 9.17) is 10.5 Å². The molecular formula is C18H23N3O2. The Kier molecular flexibility index (Phi) is 7.07. The molecule has 0 unspecified atom stereocenters. The van der Waals surface area contributed by atoms with Crippen molar-refractivity contribution in [1.82, 2.24) is 4.98 Å². The van der Waals surface area contributed by atoms with E-state index in [9.17, 15) is 4.79 Å². The fraction of sp³-hybridized carbons (Fsp3) is 0.333. The van der Waals surface area contributed by atoms with E-state index in [2.05, 4.69) is 10.3 Å². The van der Waals surface area contributed by atoms with Gasteiger partial charge in [-0.25, -0.2) is 4.98 Å². The van der Waals surface area contributed by atoms with Gasteiger partial charge in [0.15, 0.2) is 0 Å². The summed E-state index contributed by atoms with van der Waals surface area (Å²) in [5, 5.41) is 2.84. The van der Waals surface area contributed by atoms with Crippen LogP contribution in [0.25, 0.3) is 0 Å². The third-order valence-electron chi connectivity index (χ3n) is 3.34. The predicted octanol–water partition coefficient (Wildman–Crippen LogP) is 3.72. The van der Waals surface area contributed by atoms with Crippen molar-refractivity contribution in [3.8, 4) is 11.6 Å². The Bertz CT molecular complexity index is 585. The topological polar surface area (TPSA) is 77.2 Å². The number of amides is 1. The molecule has 23 heavy (non-hydrogen) atoms. The second kappa shape index (κ2) is 9.58. The summed E-state index contributed by atoms with van der Waals surface area (Å²) in [5.74, 6) is 1.24. The molecule has 0 spiro atoms.